The highest BCUT2D eigenvalue weighted by Gasteiger charge is 2.36. The second-order valence-corrected chi connectivity index (χ2v) is 2.60. The molecule has 1 saturated carbocycles. The Morgan fingerprint density at radius 3 is 2.44 bits per heavy atom. The standard InChI is InChI=1S/C7H12O2/c1-2-7(9-6-8)4-3-5-7/h6H,2-5H2,1H3. The third-order valence-corrected chi connectivity index (χ3v) is 2.21. The van der Waals surface area contributed by atoms with Crippen molar-refractivity contribution in [1.29, 1.82) is 0 Å². The zero-order valence-corrected chi connectivity index (χ0v) is 5.72. The molecule has 1 fully saturated rings. The Morgan fingerprint density at radius 1 is 1.67 bits per heavy atom. The van der Waals surface area contributed by atoms with Crippen molar-refractivity contribution in [2.75, 3.05) is 0 Å². The molecule has 0 spiro atoms. The van der Waals surface area contributed by atoms with Crippen LogP contribution in [-0.2, 0) is 9.53 Å². The molecule has 9 heavy (non-hydrogen) atoms. The number of hydrogen-bond acceptors (Lipinski definition) is 2. The Bertz CT molecular complexity index is 100.0. The lowest BCUT2D eigenvalue weighted by Gasteiger charge is -2.38. The van der Waals surface area contributed by atoms with E-state index in [2.05, 4.69) is 6.92 Å². The number of carbonyl (C=O) groups is 1. The molecule has 52 valence electrons. The van der Waals surface area contributed by atoms with Crippen LogP contribution >= 0.6 is 0 Å². The van der Waals surface area contributed by atoms with Crippen LogP contribution in [0.3, 0.4) is 0 Å². The van der Waals surface area contributed by atoms with E-state index >= 15 is 0 Å². The zero-order valence-electron chi connectivity index (χ0n) is 5.72. The molecule has 2 heteroatoms. The molecule has 0 radical (unpaired) electrons. The maximum absolute atomic E-state index is 9.95. The van der Waals surface area contributed by atoms with Crippen LogP contribution in [0.4, 0.5) is 0 Å². The number of hydrogen-bond donors (Lipinski definition) is 0. The van der Waals surface area contributed by atoms with Gasteiger partial charge in [0.1, 0.15) is 5.60 Å². The summed E-state index contributed by atoms with van der Waals surface area (Å²) in [6.45, 7) is 2.63. The minimum atomic E-state index is -0.0538. The van der Waals surface area contributed by atoms with Gasteiger partial charge in [0.05, 0.1) is 0 Å². The summed E-state index contributed by atoms with van der Waals surface area (Å²) in [7, 11) is 0. The van der Waals surface area contributed by atoms with Crippen molar-refractivity contribution < 1.29 is 9.53 Å². The molecule has 0 aromatic heterocycles. The van der Waals surface area contributed by atoms with E-state index in [1.165, 1.54) is 6.42 Å². The van der Waals surface area contributed by atoms with Crippen LogP contribution in [0.2, 0.25) is 0 Å². The molecule has 1 aliphatic rings. The molecule has 2 nitrogen and oxygen atoms in total. The Hall–Kier alpha value is -0.530. The maximum Gasteiger partial charge on any atom is 0.293 e. The van der Waals surface area contributed by atoms with E-state index in [0.29, 0.717) is 6.47 Å². The summed E-state index contributed by atoms with van der Waals surface area (Å²) < 4.78 is 4.93. The number of carbonyl (C=O) groups excluding carboxylic acids is 1. The zero-order chi connectivity index (χ0) is 6.74. The van der Waals surface area contributed by atoms with E-state index in [4.69, 9.17) is 4.74 Å². The average Bonchev–Trinajstić information content (AvgIpc) is 1.79. The SMILES string of the molecule is CCC1(OC=O)CCC1. The fraction of sp³-hybridized carbons (Fsp3) is 0.857. The minimum Gasteiger partial charge on any atom is -0.461 e. The van der Waals surface area contributed by atoms with Crippen LogP contribution in [0.1, 0.15) is 32.6 Å². The van der Waals surface area contributed by atoms with Crippen LogP contribution in [-0.4, -0.2) is 12.1 Å². The monoisotopic (exact) mass is 128 g/mol. The lowest BCUT2D eigenvalue weighted by molar-refractivity contribution is -0.153. The van der Waals surface area contributed by atoms with Crippen molar-refractivity contribution in [3.05, 3.63) is 0 Å². The van der Waals surface area contributed by atoms with Gasteiger partial charge in [0.15, 0.2) is 0 Å². The molecule has 0 aliphatic heterocycles. The van der Waals surface area contributed by atoms with Gasteiger partial charge in [-0.05, 0) is 25.7 Å². The minimum absolute atomic E-state index is 0.0538. The summed E-state index contributed by atoms with van der Waals surface area (Å²) in [5, 5.41) is 0. The highest BCUT2D eigenvalue weighted by molar-refractivity contribution is 5.38. The van der Waals surface area contributed by atoms with Crippen molar-refractivity contribution in [2.45, 2.75) is 38.2 Å². The second kappa shape index (κ2) is 2.38. The summed E-state index contributed by atoms with van der Waals surface area (Å²) in [5.74, 6) is 0. The lowest BCUT2D eigenvalue weighted by Crippen LogP contribution is -2.38. The van der Waals surface area contributed by atoms with Gasteiger partial charge >= 0.3 is 0 Å². The Morgan fingerprint density at radius 2 is 2.33 bits per heavy atom. The summed E-state index contributed by atoms with van der Waals surface area (Å²) in [5.41, 5.74) is -0.0538. The molecule has 0 atom stereocenters. The van der Waals surface area contributed by atoms with Crippen molar-refractivity contribution >= 4 is 6.47 Å². The van der Waals surface area contributed by atoms with E-state index in [9.17, 15) is 4.79 Å². The first-order chi connectivity index (χ1) is 4.33. The Labute approximate surface area is 55.2 Å². The predicted molar refractivity (Wildman–Crippen MR) is 34.0 cm³/mol. The summed E-state index contributed by atoms with van der Waals surface area (Å²) >= 11 is 0. The van der Waals surface area contributed by atoms with Gasteiger partial charge in [-0.3, -0.25) is 4.79 Å². The molecule has 1 rings (SSSR count). The van der Waals surface area contributed by atoms with E-state index in [0.717, 1.165) is 19.3 Å². The first-order valence-corrected chi connectivity index (χ1v) is 3.44. The summed E-state index contributed by atoms with van der Waals surface area (Å²) in [6.07, 6.45) is 4.29. The smallest absolute Gasteiger partial charge is 0.293 e. The molecule has 0 amide bonds. The predicted octanol–water partition coefficient (Wildman–Crippen LogP) is 1.49. The van der Waals surface area contributed by atoms with Crippen LogP contribution < -0.4 is 0 Å². The Balaban J connectivity index is 2.36. The summed E-state index contributed by atoms with van der Waals surface area (Å²) in [4.78, 5) is 9.95. The molecule has 0 saturated heterocycles. The van der Waals surface area contributed by atoms with Gasteiger partial charge in [-0.1, -0.05) is 6.92 Å². The average molecular weight is 128 g/mol. The fourth-order valence-electron chi connectivity index (χ4n) is 1.23. The van der Waals surface area contributed by atoms with E-state index in [1.54, 1.807) is 0 Å². The third-order valence-electron chi connectivity index (χ3n) is 2.21. The molecule has 0 aromatic carbocycles. The van der Waals surface area contributed by atoms with E-state index < -0.39 is 0 Å². The molecule has 0 aromatic rings. The van der Waals surface area contributed by atoms with Crippen molar-refractivity contribution in [3.63, 3.8) is 0 Å². The van der Waals surface area contributed by atoms with E-state index in [1.807, 2.05) is 0 Å². The van der Waals surface area contributed by atoms with E-state index in [-0.39, 0.29) is 5.60 Å². The van der Waals surface area contributed by atoms with Gasteiger partial charge in [0.2, 0.25) is 0 Å². The highest BCUT2D eigenvalue weighted by Crippen LogP contribution is 2.37. The van der Waals surface area contributed by atoms with Crippen molar-refractivity contribution in [1.82, 2.24) is 0 Å². The Kier molecular flexibility index (Phi) is 1.74. The lowest BCUT2D eigenvalue weighted by atomic mass is 9.78. The van der Waals surface area contributed by atoms with Gasteiger partial charge in [-0.25, -0.2) is 0 Å². The van der Waals surface area contributed by atoms with Crippen LogP contribution in [0, 0.1) is 0 Å². The largest absolute Gasteiger partial charge is 0.461 e. The van der Waals surface area contributed by atoms with Crippen molar-refractivity contribution in [3.8, 4) is 0 Å². The topological polar surface area (TPSA) is 26.3 Å². The van der Waals surface area contributed by atoms with Gasteiger partial charge in [0.25, 0.3) is 6.47 Å². The number of ether oxygens (including phenoxy) is 1. The van der Waals surface area contributed by atoms with Crippen molar-refractivity contribution in [2.24, 2.45) is 0 Å². The second-order valence-electron chi connectivity index (χ2n) is 2.60. The molecule has 0 N–H and O–H groups in total. The first-order valence-electron chi connectivity index (χ1n) is 3.44. The highest BCUT2D eigenvalue weighted by atomic mass is 16.5. The molecule has 1 aliphatic carbocycles. The van der Waals surface area contributed by atoms with Gasteiger partial charge in [-0.15, -0.1) is 0 Å². The number of rotatable bonds is 3. The molecule has 0 unspecified atom stereocenters. The van der Waals surface area contributed by atoms with Gasteiger partial charge in [0, 0.05) is 0 Å². The fourth-order valence-corrected chi connectivity index (χ4v) is 1.23. The molecule has 0 heterocycles. The van der Waals surface area contributed by atoms with Gasteiger partial charge < -0.3 is 4.74 Å². The van der Waals surface area contributed by atoms with Crippen LogP contribution in [0.25, 0.3) is 0 Å². The molecular weight excluding hydrogens is 116 g/mol. The van der Waals surface area contributed by atoms with Crippen LogP contribution in [0.15, 0.2) is 0 Å². The quantitative estimate of drug-likeness (QED) is 0.538. The summed E-state index contributed by atoms with van der Waals surface area (Å²) in [6, 6.07) is 0. The molecule has 0 bridgehead atoms. The first kappa shape index (κ1) is 6.59. The normalized spacial score (nSPS) is 22.3. The van der Waals surface area contributed by atoms with Gasteiger partial charge in [-0.2, -0.15) is 0 Å². The third kappa shape index (κ3) is 1.07. The maximum atomic E-state index is 9.95. The molecular formula is C7H12O2. The van der Waals surface area contributed by atoms with Crippen LogP contribution in [0.5, 0.6) is 0 Å².